The molecule has 0 radical (unpaired) electrons. The summed E-state index contributed by atoms with van der Waals surface area (Å²) in [6.07, 6.45) is 5.09. The molecular formula is C28H36N4O2. The van der Waals surface area contributed by atoms with Crippen molar-refractivity contribution in [2.75, 3.05) is 38.0 Å². The fourth-order valence-corrected chi connectivity index (χ4v) is 5.76. The van der Waals surface area contributed by atoms with E-state index in [1.165, 1.54) is 11.1 Å². The molecule has 0 bridgehead atoms. The van der Waals surface area contributed by atoms with Gasteiger partial charge in [0.15, 0.2) is 0 Å². The molecule has 180 valence electrons. The molecule has 2 aromatic carbocycles. The molecule has 0 unspecified atom stereocenters. The first-order valence-corrected chi connectivity index (χ1v) is 12.8. The van der Waals surface area contributed by atoms with Gasteiger partial charge in [-0.25, -0.2) is 0 Å². The Labute approximate surface area is 202 Å². The molecular weight excluding hydrogens is 424 g/mol. The topological polar surface area (TPSA) is 55.9 Å². The molecule has 3 aliphatic heterocycles. The molecule has 3 aliphatic rings. The normalized spacial score (nSPS) is 20.1. The highest BCUT2D eigenvalue weighted by molar-refractivity contribution is 5.95. The van der Waals surface area contributed by atoms with Crippen LogP contribution < -0.4 is 5.32 Å². The van der Waals surface area contributed by atoms with E-state index in [2.05, 4.69) is 34.5 Å². The van der Waals surface area contributed by atoms with Crippen molar-refractivity contribution in [3.05, 3.63) is 65.2 Å². The van der Waals surface area contributed by atoms with Crippen LogP contribution >= 0.6 is 0 Å². The van der Waals surface area contributed by atoms with E-state index < -0.39 is 0 Å². The van der Waals surface area contributed by atoms with E-state index in [4.69, 9.17) is 0 Å². The molecule has 2 aromatic rings. The SMILES string of the molecule is CC(=O)N1CCC(Nc2cccc(C(=O)N3CCC(N4CCc5ccccc5C4)CC3)c2)CC1. The molecule has 34 heavy (non-hydrogen) atoms. The number of anilines is 1. The van der Waals surface area contributed by atoms with Gasteiger partial charge in [0.1, 0.15) is 0 Å². The number of likely N-dealkylation sites (tertiary alicyclic amines) is 2. The molecule has 2 amide bonds. The maximum absolute atomic E-state index is 13.2. The van der Waals surface area contributed by atoms with Gasteiger partial charge < -0.3 is 15.1 Å². The van der Waals surface area contributed by atoms with Crippen molar-refractivity contribution in [3.63, 3.8) is 0 Å². The Bertz CT molecular complexity index is 1020. The number of piperidine rings is 2. The summed E-state index contributed by atoms with van der Waals surface area (Å²) < 4.78 is 0. The summed E-state index contributed by atoms with van der Waals surface area (Å²) in [6, 6.07) is 17.6. The lowest BCUT2D eigenvalue weighted by Gasteiger charge is -2.40. The van der Waals surface area contributed by atoms with Gasteiger partial charge in [0, 0.05) is 69.5 Å². The van der Waals surface area contributed by atoms with Crippen molar-refractivity contribution in [2.24, 2.45) is 0 Å². The minimum Gasteiger partial charge on any atom is -0.382 e. The number of nitrogens with one attached hydrogen (secondary N) is 1. The fourth-order valence-electron chi connectivity index (χ4n) is 5.76. The van der Waals surface area contributed by atoms with E-state index in [0.717, 1.165) is 82.6 Å². The zero-order chi connectivity index (χ0) is 23.5. The van der Waals surface area contributed by atoms with Crippen molar-refractivity contribution in [3.8, 4) is 0 Å². The van der Waals surface area contributed by atoms with Crippen molar-refractivity contribution in [1.82, 2.24) is 14.7 Å². The third-order valence-electron chi connectivity index (χ3n) is 7.85. The van der Waals surface area contributed by atoms with Gasteiger partial charge in [-0.05, 0) is 61.4 Å². The van der Waals surface area contributed by atoms with Crippen molar-refractivity contribution < 1.29 is 9.59 Å². The smallest absolute Gasteiger partial charge is 0.253 e. The number of rotatable bonds is 4. The molecule has 0 aliphatic carbocycles. The number of hydrogen-bond acceptors (Lipinski definition) is 4. The number of fused-ring (bicyclic) bond motifs is 1. The fraction of sp³-hybridized carbons (Fsp3) is 0.500. The maximum atomic E-state index is 13.2. The van der Waals surface area contributed by atoms with Gasteiger partial charge in [-0.1, -0.05) is 30.3 Å². The number of carbonyl (C=O) groups is 2. The average Bonchev–Trinajstić information content (AvgIpc) is 2.88. The van der Waals surface area contributed by atoms with E-state index in [9.17, 15) is 9.59 Å². The van der Waals surface area contributed by atoms with Crippen LogP contribution in [0.1, 0.15) is 54.1 Å². The molecule has 0 spiro atoms. The summed E-state index contributed by atoms with van der Waals surface area (Å²) in [4.78, 5) is 31.4. The van der Waals surface area contributed by atoms with Crippen molar-refractivity contribution in [1.29, 1.82) is 0 Å². The van der Waals surface area contributed by atoms with Crippen molar-refractivity contribution in [2.45, 2.75) is 57.7 Å². The van der Waals surface area contributed by atoms with Gasteiger partial charge >= 0.3 is 0 Å². The second-order valence-corrected chi connectivity index (χ2v) is 10.0. The predicted octanol–water partition coefficient (Wildman–Crippen LogP) is 3.77. The van der Waals surface area contributed by atoms with E-state index >= 15 is 0 Å². The molecule has 5 rings (SSSR count). The first kappa shape index (κ1) is 22.9. The lowest BCUT2D eigenvalue weighted by molar-refractivity contribution is -0.129. The van der Waals surface area contributed by atoms with E-state index in [1.807, 2.05) is 34.1 Å². The molecule has 0 aromatic heterocycles. The zero-order valence-corrected chi connectivity index (χ0v) is 20.2. The average molecular weight is 461 g/mol. The second-order valence-electron chi connectivity index (χ2n) is 10.0. The predicted molar refractivity (Wildman–Crippen MR) is 135 cm³/mol. The van der Waals surface area contributed by atoms with Gasteiger partial charge in [-0.2, -0.15) is 0 Å². The van der Waals surface area contributed by atoms with Crippen LogP contribution in [0.25, 0.3) is 0 Å². The van der Waals surface area contributed by atoms with E-state index in [0.29, 0.717) is 12.1 Å². The summed E-state index contributed by atoms with van der Waals surface area (Å²) in [5.41, 5.74) is 4.71. The molecule has 2 saturated heterocycles. The summed E-state index contributed by atoms with van der Waals surface area (Å²) in [5, 5.41) is 3.58. The van der Waals surface area contributed by atoms with Crippen LogP contribution in [-0.2, 0) is 17.8 Å². The summed E-state index contributed by atoms with van der Waals surface area (Å²) >= 11 is 0. The first-order valence-electron chi connectivity index (χ1n) is 12.8. The molecule has 0 saturated carbocycles. The Morgan fingerprint density at radius 2 is 1.53 bits per heavy atom. The Hall–Kier alpha value is -2.86. The quantitative estimate of drug-likeness (QED) is 0.755. The van der Waals surface area contributed by atoms with Crippen LogP contribution in [0, 0.1) is 0 Å². The molecule has 6 heteroatoms. The molecule has 6 nitrogen and oxygen atoms in total. The van der Waals surface area contributed by atoms with Crippen LogP contribution in [0.15, 0.2) is 48.5 Å². The van der Waals surface area contributed by atoms with Crippen LogP contribution in [0.2, 0.25) is 0 Å². The number of hydrogen-bond donors (Lipinski definition) is 1. The zero-order valence-electron chi connectivity index (χ0n) is 20.2. The van der Waals surface area contributed by atoms with Gasteiger partial charge in [0.05, 0.1) is 0 Å². The monoisotopic (exact) mass is 460 g/mol. The molecule has 0 atom stereocenters. The third kappa shape index (κ3) is 5.12. The molecule has 1 N–H and O–H groups in total. The molecule has 3 heterocycles. The minimum absolute atomic E-state index is 0.137. The summed E-state index contributed by atoms with van der Waals surface area (Å²) in [5.74, 6) is 0.289. The minimum atomic E-state index is 0.137. The highest BCUT2D eigenvalue weighted by Crippen LogP contribution is 2.26. The van der Waals surface area contributed by atoms with Crippen LogP contribution in [-0.4, -0.2) is 71.3 Å². The number of nitrogens with zero attached hydrogens (tertiary/aromatic N) is 3. The number of amides is 2. The van der Waals surface area contributed by atoms with Gasteiger partial charge in [0.2, 0.25) is 5.91 Å². The number of carbonyl (C=O) groups excluding carboxylic acids is 2. The highest BCUT2D eigenvalue weighted by atomic mass is 16.2. The van der Waals surface area contributed by atoms with Crippen LogP contribution in [0.3, 0.4) is 0 Å². The third-order valence-corrected chi connectivity index (χ3v) is 7.85. The highest BCUT2D eigenvalue weighted by Gasteiger charge is 2.29. The largest absolute Gasteiger partial charge is 0.382 e. The van der Waals surface area contributed by atoms with Gasteiger partial charge in [0.25, 0.3) is 5.91 Å². The van der Waals surface area contributed by atoms with Crippen molar-refractivity contribution >= 4 is 17.5 Å². The Morgan fingerprint density at radius 3 is 2.26 bits per heavy atom. The van der Waals surface area contributed by atoms with E-state index in [1.54, 1.807) is 6.92 Å². The van der Waals surface area contributed by atoms with Crippen LogP contribution in [0.4, 0.5) is 5.69 Å². The Morgan fingerprint density at radius 1 is 0.824 bits per heavy atom. The standard InChI is InChI=1S/C28H36N4O2/c1-21(33)30-15-10-25(11-16-30)29-26-8-4-7-23(19-26)28(34)31-17-12-27(13-18-31)32-14-9-22-5-2-3-6-24(22)20-32/h2-8,19,25,27,29H,9-18,20H2,1H3. The lowest BCUT2D eigenvalue weighted by atomic mass is 9.95. The molecule has 2 fully saturated rings. The number of benzene rings is 2. The van der Waals surface area contributed by atoms with Gasteiger partial charge in [-0.3, -0.25) is 14.5 Å². The Balaban J connectivity index is 1.14. The van der Waals surface area contributed by atoms with Gasteiger partial charge in [-0.15, -0.1) is 0 Å². The lowest BCUT2D eigenvalue weighted by Crippen LogP contribution is -2.48. The summed E-state index contributed by atoms with van der Waals surface area (Å²) in [6.45, 7) is 7.03. The maximum Gasteiger partial charge on any atom is 0.253 e. The van der Waals surface area contributed by atoms with Crippen LogP contribution in [0.5, 0.6) is 0 Å². The Kier molecular flexibility index (Phi) is 6.86. The summed E-state index contributed by atoms with van der Waals surface area (Å²) in [7, 11) is 0. The first-order chi connectivity index (χ1) is 16.6. The van der Waals surface area contributed by atoms with E-state index in [-0.39, 0.29) is 11.8 Å². The second kappa shape index (κ2) is 10.2.